The van der Waals surface area contributed by atoms with Gasteiger partial charge in [0.2, 0.25) is 0 Å². The molecular weight excluding hydrogens is 326 g/mol. The number of aromatic nitrogens is 3. The Labute approximate surface area is 155 Å². The van der Waals surface area contributed by atoms with E-state index in [1.807, 2.05) is 25.1 Å². The lowest BCUT2D eigenvalue weighted by Gasteiger charge is -2.23. The van der Waals surface area contributed by atoms with Crippen LogP contribution < -0.4 is 10.6 Å². The number of aryl methyl sites for hydroxylation is 2. The summed E-state index contributed by atoms with van der Waals surface area (Å²) in [6.07, 6.45) is 3.93. The molecule has 2 unspecified atom stereocenters. The summed E-state index contributed by atoms with van der Waals surface area (Å²) in [7, 11) is 0. The Morgan fingerprint density at radius 1 is 1.15 bits per heavy atom. The molecule has 1 aliphatic heterocycles. The minimum Gasteiger partial charge on any atom is -0.336 e. The van der Waals surface area contributed by atoms with Gasteiger partial charge in [0.1, 0.15) is 5.82 Å². The maximum Gasteiger partial charge on any atom is 0.315 e. The van der Waals surface area contributed by atoms with Gasteiger partial charge in [0.05, 0.1) is 6.04 Å². The van der Waals surface area contributed by atoms with Crippen molar-refractivity contribution in [3.63, 3.8) is 0 Å². The van der Waals surface area contributed by atoms with Crippen LogP contribution >= 0.6 is 0 Å². The van der Waals surface area contributed by atoms with Crippen LogP contribution in [0, 0.1) is 5.92 Å². The number of hydrogen-bond donors (Lipinski definition) is 2. The normalized spacial score (nSPS) is 15.5. The van der Waals surface area contributed by atoms with Crippen molar-refractivity contribution in [2.24, 2.45) is 5.92 Å². The molecular formula is C20H29N5O. The number of amides is 2. The second kappa shape index (κ2) is 8.34. The first kappa shape index (κ1) is 18.4. The fraction of sp³-hybridized carbons (Fsp3) is 0.550. The van der Waals surface area contributed by atoms with Crippen LogP contribution in [0.2, 0.25) is 0 Å². The number of nitrogens with one attached hydrogen (secondary N) is 2. The molecule has 3 rings (SSSR count). The number of benzene rings is 1. The van der Waals surface area contributed by atoms with Crippen molar-refractivity contribution < 1.29 is 4.79 Å². The maximum absolute atomic E-state index is 12.5. The largest absolute Gasteiger partial charge is 0.336 e. The smallest absolute Gasteiger partial charge is 0.315 e. The van der Waals surface area contributed by atoms with Gasteiger partial charge in [-0.05, 0) is 37.7 Å². The highest BCUT2D eigenvalue weighted by Gasteiger charge is 2.27. The first-order valence-corrected chi connectivity index (χ1v) is 9.57. The molecule has 26 heavy (non-hydrogen) atoms. The Morgan fingerprint density at radius 3 is 2.65 bits per heavy atom. The van der Waals surface area contributed by atoms with Crippen molar-refractivity contribution >= 4 is 6.03 Å². The maximum atomic E-state index is 12.5. The molecule has 1 aliphatic rings. The molecule has 2 heterocycles. The van der Waals surface area contributed by atoms with Gasteiger partial charge in [0, 0.05) is 19.0 Å². The molecule has 1 aromatic carbocycles. The van der Waals surface area contributed by atoms with Gasteiger partial charge in [0.15, 0.2) is 5.82 Å². The van der Waals surface area contributed by atoms with E-state index in [4.69, 9.17) is 0 Å². The number of rotatable bonds is 7. The van der Waals surface area contributed by atoms with Gasteiger partial charge in [-0.1, -0.05) is 44.2 Å². The summed E-state index contributed by atoms with van der Waals surface area (Å²) in [4.78, 5) is 12.5. The standard InChI is InChI=1S/C20H29N5O/c1-14(2)18(19-24-23-17-10-7-13-25(17)19)22-20(26)21-15(3)11-12-16-8-5-4-6-9-16/h4-6,8-9,14-15,18H,7,10-13H2,1-3H3,(H2,21,22,26). The van der Waals surface area contributed by atoms with Crippen molar-refractivity contribution in [2.75, 3.05) is 0 Å². The second-order valence-corrected chi connectivity index (χ2v) is 7.49. The van der Waals surface area contributed by atoms with E-state index in [-0.39, 0.29) is 24.0 Å². The van der Waals surface area contributed by atoms with Crippen molar-refractivity contribution in [3.8, 4) is 0 Å². The summed E-state index contributed by atoms with van der Waals surface area (Å²) in [6, 6.07) is 10.2. The third-order valence-corrected chi connectivity index (χ3v) is 4.96. The lowest BCUT2D eigenvalue weighted by atomic mass is 10.0. The van der Waals surface area contributed by atoms with Gasteiger partial charge < -0.3 is 15.2 Å². The predicted octanol–water partition coefficient (Wildman–Crippen LogP) is 3.24. The Bertz CT molecular complexity index is 725. The molecule has 0 saturated heterocycles. The monoisotopic (exact) mass is 355 g/mol. The number of carbonyl (C=O) groups excluding carboxylic acids is 1. The first-order valence-electron chi connectivity index (χ1n) is 9.57. The van der Waals surface area contributed by atoms with E-state index in [9.17, 15) is 4.79 Å². The van der Waals surface area contributed by atoms with Crippen LogP contribution in [0.3, 0.4) is 0 Å². The fourth-order valence-electron chi connectivity index (χ4n) is 3.44. The molecule has 140 valence electrons. The van der Waals surface area contributed by atoms with Crippen LogP contribution in [0.1, 0.15) is 56.9 Å². The molecule has 0 radical (unpaired) electrons. The van der Waals surface area contributed by atoms with Crippen LogP contribution in [-0.2, 0) is 19.4 Å². The lowest BCUT2D eigenvalue weighted by molar-refractivity contribution is 0.228. The van der Waals surface area contributed by atoms with E-state index >= 15 is 0 Å². The molecule has 0 spiro atoms. The number of hydrogen-bond acceptors (Lipinski definition) is 3. The number of fused-ring (bicyclic) bond motifs is 1. The zero-order valence-corrected chi connectivity index (χ0v) is 15.9. The van der Waals surface area contributed by atoms with E-state index in [0.29, 0.717) is 0 Å². The molecule has 0 saturated carbocycles. The summed E-state index contributed by atoms with van der Waals surface area (Å²) >= 11 is 0. The third kappa shape index (κ3) is 4.42. The van der Waals surface area contributed by atoms with Crippen LogP contribution in [0.25, 0.3) is 0 Å². The summed E-state index contributed by atoms with van der Waals surface area (Å²) in [5.74, 6) is 2.15. The summed E-state index contributed by atoms with van der Waals surface area (Å²) in [5.41, 5.74) is 1.29. The van der Waals surface area contributed by atoms with E-state index < -0.39 is 0 Å². The van der Waals surface area contributed by atoms with Crippen LogP contribution in [0.15, 0.2) is 30.3 Å². The average molecular weight is 355 g/mol. The molecule has 0 bridgehead atoms. The highest BCUT2D eigenvalue weighted by Crippen LogP contribution is 2.24. The third-order valence-electron chi connectivity index (χ3n) is 4.96. The van der Waals surface area contributed by atoms with Crippen molar-refractivity contribution in [2.45, 2.75) is 65.1 Å². The van der Waals surface area contributed by atoms with Gasteiger partial charge >= 0.3 is 6.03 Å². The summed E-state index contributed by atoms with van der Waals surface area (Å²) in [5, 5.41) is 14.8. The molecule has 6 heteroatoms. The number of nitrogens with zero attached hydrogens (tertiary/aromatic N) is 3. The highest BCUT2D eigenvalue weighted by molar-refractivity contribution is 5.74. The topological polar surface area (TPSA) is 71.8 Å². The zero-order chi connectivity index (χ0) is 18.5. The number of carbonyl (C=O) groups is 1. The Hall–Kier alpha value is -2.37. The summed E-state index contributed by atoms with van der Waals surface area (Å²) < 4.78 is 2.16. The van der Waals surface area contributed by atoms with Crippen LogP contribution in [-0.4, -0.2) is 26.8 Å². The Balaban J connectivity index is 1.54. The van der Waals surface area contributed by atoms with Crippen molar-refractivity contribution in [3.05, 3.63) is 47.5 Å². The second-order valence-electron chi connectivity index (χ2n) is 7.49. The van der Waals surface area contributed by atoms with E-state index in [1.54, 1.807) is 0 Å². The minimum atomic E-state index is -0.139. The van der Waals surface area contributed by atoms with Gasteiger partial charge in [-0.3, -0.25) is 0 Å². The van der Waals surface area contributed by atoms with Gasteiger partial charge in [-0.15, -0.1) is 10.2 Å². The first-order chi connectivity index (χ1) is 12.5. The lowest BCUT2D eigenvalue weighted by Crippen LogP contribution is -2.44. The molecule has 2 atom stereocenters. The Morgan fingerprint density at radius 2 is 1.92 bits per heavy atom. The minimum absolute atomic E-state index is 0.104. The SMILES string of the molecule is CC(CCc1ccccc1)NC(=O)NC(c1nnc2n1CCC2)C(C)C. The van der Waals surface area contributed by atoms with E-state index in [0.717, 1.165) is 43.9 Å². The molecule has 2 aromatic rings. The van der Waals surface area contributed by atoms with Crippen molar-refractivity contribution in [1.29, 1.82) is 0 Å². The van der Waals surface area contributed by atoms with Crippen LogP contribution in [0.5, 0.6) is 0 Å². The van der Waals surface area contributed by atoms with Gasteiger partial charge in [-0.25, -0.2) is 4.79 Å². The highest BCUT2D eigenvalue weighted by atomic mass is 16.2. The molecule has 6 nitrogen and oxygen atoms in total. The van der Waals surface area contributed by atoms with Crippen molar-refractivity contribution in [1.82, 2.24) is 25.4 Å². The molecule has 1 aromatic heterocycles. The average Bonchev–Trinajstić information content (AvgIpc) is 3.22. The molecule has 0 fully saturated rings. The zero-order valence-electron chi connectivity index (χ0n) is 15.9. The van der Waals surface area contributed by atoms with E-state index in [1.165, 1.54) is 5.56 Å². The van der Waals surface area contributed by atoms with E-state index in [2.05, 4.69) is 51.4 Å². The fourth-order valence-corrected chi connectivity index (χ4v) is 3.44. The predicted molar refractivity (Wildman–Crippen MR) is 102 cm³/mol. The summed E-state index contributed by atoms with van der Waals surface area (Å²) in [6.45, 7) is 7.18. The van der Waals surface area contributed by atoms with Crippen LogP contribution in [0.4, 0.5) is 4.79 Å². The molecule has 2 N–H and O–H groups in total. The van der Waals surface area contributed by atoms with Gasteiger partial charge in [-0.2, -0.15) is 0 Å². The molecule has 2 amide bonds. The number of urea groups is 1. The molecule has 0 aliphatic carbocycles. The Kier molecular flexibility index (Phi) is 5.91. The van der Waals surface area contributed by atoms with Gasteiger partial charge in [0.25, 0.3) is 0 Å². The quantitative estimate of drug-likeness (QED) is 0.801.